The second-order valence-corrected chi connectivity index (χ2v) is 2.08. The van der Waals surface area contributed by atoms with Crippen molar-refractivity contribution in [3.05, 3.63) is 12.2 Å². The standard InChI is InChI=1S/C7H10O4/c1-9-6(8)7(10-2)4-3-5-11-7/h3-4H,5H2,1-2H3/t7-/m0/s1. The van der Waals surface area contributed by atoms with Crippen molar-refractivity contribution >= 4 is 5.97 Å². The quantitative estimate of drug-likeness (QED) is 0.422. The Bertz CT molecular complexity index is 187. The molecule has 1 aliphatic heterocycles. The van der Waals surface area contributed by atoms with Crippen LogP contribution in [0.25, 0.3) is 0 Å². The summed E-state index contributed by atoms with van der Waals surface area (Å²) in [5.41, 5.74) is 0. The van der Waals surface area contributed by atoms with Crippen LogP contribution < -0.4 is 0 Å². The first kappa shape index (κ1) is 8.23. The molecule has 4 heteroatoms. The molecule has 1 atom stereocenters. The molecular formula is C7H10O4. The number of esters is 1. The summed E-state index contributed by atoms with van der Waals surface area (Å²) >= 11 is 0. The van der Waals surface area contributed by atoms with Gasteiger partial charge in [-0.15, -0.1) is 0 Å². The maximum absolute atomic E-state index is 11.0. The van der Waals surface area contributed by atoms with E-state index >= 15 is 0 Å². The maximum atomic E-state index is 11.0. The van der Waals surface area contributed by atoms with Crippen LogP contribution >= 0.6 is 0 Å². The zero-order valence-electron chi connectivity index (χ0n) is 6.49. The van der Waals surface area contributed by atoms with Gasteiger partial charge < -0.3 is 14.2 Å². The van der Waals surface area contributed by atoms with Gasteiger partial charge >= 0.3 is 5.97 Å². The van der Waals surface area contributed by atoms with E-state index in [2.05, 4.69) is 4.74 Å². The van der Waals surface area contributed by atoms with E-state index in [9.17, 15) is 4.79 Å². The lowest BCUT2D eigenvalue weighted by Gasteiger charge is -2.21. The lowest BCUT2D eigenvalue weighted by molar-refractivity contribution is -0.207. The first-order chi connectivity index (χ1) is 5.25. The molecule has 0 radical (unpaired) electrons. The van der Waals surface area contributed by atoms with E-state index in [-0.39, 0.29) is 0 Å². The van der Waals surface area contributed by atoms with Crippen LogP contribution in [-0.2, 0) is 19.0 Å². The average molecular weight is 158 g/mol. The van der Waals surface area contributed by atoms with Gasteiger partial charge in [0, 0.05) is 7.11 Å². The highest BCUT2D eigenvalue weighted by Crippen LogP contribution is 2.20. The number of ether oxygens (including phenoxy) is 3. The summed E-state index contributed by atoms with van der Waals surface area (Å²) in [6.07, 6.45) is 3.25. The maximum Gasteiger partial charge on any atom is 0.371 e. The zero-order chi connectivity index (χ0) is 8.32. The molecule has 0 amide bonds. The fraction of sp³-hybridized carbons (Fsp3) is 0.571. The monoisotopic (exact) mass is 158 g/mol. The fourth-order valence-corrected chi connectivity index (χ4v) is 0.903. The van der Waals surface area contributed by atoms with Crippen molar-refractivity contribution in [1.82, 2.24) is 0 Å². The van der Waals surface area contributed by atoms with Crippen molar-refractivity contribution in [3.8, 4) is 0 Å². The number of carbonyl (C=O) groups excluding carboxylic acids is 1. The van der Waals surface area contributed by atoms with Crippen molar-refractivity contribution in [3.63, 3.8) is 0 Å². The van der Waals surface area contributed by atoms with Gasteiger partial charge in [-0.25, -0.2) is 4.79 Å². The molecule has 0 aromatic rings. The Balaban J connectivity index is 2.75. The van der Waals surface area contributed by atoms with Crippen molar-refractivity contribution in [1.29, 1.82) is 0 Å². The predicted molar refractivity (Wildman–Crippen MR) is 36.8 cm³/mol. The van der Waals surface area contributed by atoms with Crippen molar-refractivity contribution in [2.75, 3.05) is 20.8 Å². The van der Waals surface area contributed by atoms with Crippen LogP contribution in [0.2, 0.25) is 0 Å². The highest BCUT2D eigenvalue weighted by molar-refractivity contribution is 5.80. The van der Waals surface area contributed by atoms with Crippen LogP contribution in [0.4, 0.5) is 0 Å². The van der Waals surface area contributed by atoms with Gasteiger partial charge in [0.15, 0.2) is 0 Å². The minimum Gasteiger partial charge on any atom is -0.465 e. The van der Waals surface area contributed by atoms with Crippen molar-refractivity contribution in [2.24, 2.45) is 0 Å². The van der Waals surface area contributed by atoms with Gasteiger partial charge in [-0.1, -0.05) is 6.08 Å². The molecule has 0 saturated carbocycles. The summed E-state index contributed by atoms with van der Waals surface area (Å²) in [6.45, 7) is 0.378. The van der Waals surface area contributed by atoms with E-state index in [1.165, 1.54) is 14.2 Å². The van der Waals surface area contributed by atoms with Crippen LogP contribution in [0.5, 0.6) is 0 Å². The Morgan fingerprint density at radius 2 is 2.36 bits per heavy atom. The van der Waals surface area contributed by atoms with Crippen LogP contribution in [0, 0.1) is 0 Å². The minimum absolute atomic E-state index is 0.378. The SMILES string of the molecule is COC(=O)[C@]1(OC)C=CCO1. The zero-order valence-corrected chi connectivity index (χ0v) is 6.49. The second-order valence-electron chi connectivity index (χ2n) is 2.08. The molecule has 0 aromatic heterocycles. The Morgan fingerprint density at radius 3 is 2.73 bits per heavy atom. The third kappa shape index (κ3) is 1.27. The minimum atomic E-state index is -1.30. The largest absolute Gasteiger partial charge is 0.465 e. The van der Waals surface area contributed by atoms with E-state index in [0.29, 0.717) is 6.61 Å². The molecule has 1 aliphatic rings. The van der Waals surface area contributed by atoms with E-state index in [1.807, 2.05) is 0 Å². The smallest absolute Gasteiger partial charge is 0.371 e. The van der Waals surface area contributed by atoms with Crippen molar-refractivity contribution < 1.29 is 19.0 Å². The summed E-state index contributed by atoms with van der Waals surface area (Å²) in [6, 6.07) is 0. The van der Waals surface area contributed by atoms with Crippen LogP contribution in [0.15, 0.2) is 12.2 Å². The van der Waals surface area contributed by atoms with Crippen molar-refractivity contribution in [2.45, 2.75) is 5.79 Å². The molecule has 0 spiro atoms. The summed E-state index contributed by atoms with van der Waals surface area (Å²) in [5.74, 6) is -1.83. The molecule has 0 bridgehead atoms. The molecule has 11 heavy (non-hydrogen) atoms. The molecule has 1 rings (SSSR count). The normalized spacial score (nSPS) is 28.9. The molecule has 4 nitrogen and oxygen atoms in total. The van der Waals surface area contributed by atoms with Gasteiger partial charge in [0.2, 0.25) is 0 Å². The van der Waals surface area contributed by atoms with Gasteiger partial charge in [0.25, 0.3) is 5.79 Å². The number of hydrogen-bond acceptors (Lipinski definition) is 4. The molecule has 0 saturated heterocycles. The molecular weight excluding hydrogens is 148 g/mol. The predicted octanol–water partition coefficient (Wildman–Crippen LogP) is 0.0885. The molecule has 0 aromatic carbocycles. The fourth-order valence-electron chi connectivity index (χ4n) is 0.903. The third-order valence-electron chi connectivity index (χ3n) is 1.50. The lowest BCUT2D eigenvalue weighted by atomic mass is 10.3. The van der Waals surface area contributed by atoms with Gasteiger partial charge in [0.05, 0.1) is 13.7 Å². The molecule has 0 aliphatic carbocycles. The molecule has 0 unspecified atom stereocenters. The van der Waals surface area contributed by atoms with Crippen LogP contribution in [0.1, 0.15) is 0 Å². The first-order valence-corrected chi connectivity index (χ1v) is 3.20. The highest BCUT2D eigenvalue weighted by Gasteiger charge is 2.40. The Kier molecular flexibility index (Phi) is 2.26. The number of hydrogen-bond donors (Lipinski definition) is 0. The molecule has 0 N–H and O–H groups in total. The molecule has 0 fully saturated rings. The van der Waals surface area contributed by atoms with Gasteiger partial charge in [-0.2, -0.15) is 0 Å². The number of carbonyl (C=O) groups is 1. The first-order valence-electron chi connectivity index (χ1n) is 3.20. The number of rotatable bonds is 2. The summed E-state index contributed by atoms with van der Waals surface area (Å²) in [4.78, 5) is 11.0. The van der Waals surface area contributed by atoms with Crippen LogP contribution in [-0.4, -0.2) is 32.6 Å². The van der Waals surface area contributed by atoms with Gasteiger partial charge in [0.1, 0.15) is 0 Å². The summed E-state index contributed by atoms with van der Waals surface area (Å²) in [5, 5.41) is 0. The molecule has 1 heterocycles. The van der Waals surface area contributed by atoms with E-state index in [4.69, 9.17) is 9.47 Å². The van der Waals surface area contributed by atoms with E-state index in [1.54, 1.807) is 12.2 Å². The summed E-state index contributed by atoms with van der Waals surface area (Å²) < 4.78 is 14.4. The third-order valence-corrected chi connectivity index (χ3v) is 1.50. The van der Waals surface area contributed by atoms with E-state index in [0.717, 1.165) is 0 Å². The van der Waals surface area contributed by atoms with E-state index < -0.39 is 11.8 Å². The Hall–Kier alpha value is -0.870. The lowest BCUT2D eigenvalue weighted by Crippen LogP contribution is -2.40. The Morgan fingerprint density at radius 1 is 1.64 bits per heavy atom. The molecule has 62 valence electrons. The Labute approximate surface area is 64.7 Å². The highest BCUT2D eigenvalue weighted by atomic mass is 16.7. The average Bonchev–Trinajstić information content (AvgIpc) is 2.52. The van der Waals surface area contributed by atoms with Crippen LogP contribution in [0.3, 0.4) is 0 Å². The van der Waals surface area contributed by atoms with Gasteiger partial charge in [-0.3, -0.25) is 0 Å². The summed E-state index contributed by atoms with van der Waals surface area (Å²) in [7, 11) is 2.69. The number of methoxy groups -OCH3 is 2. The van der Waals surface area contributed by atoms with Gasteiger partial charge in [-0.05, 0) is 6.08 Å². The second kappa shape index (κ2) is 3.02. The topological polar surface area (TPSA) is 44.8 Å².